The molecule has 0 aromatic carbocycles. The molecule has 0 aliphatic carbocycles. The predicted octanol–water partition coefficient (Wildman–Crippen LogP) is 3.42. The highest BCUT2D eigenvalue weighted by Gasteiger charge is 2.30. The number of ether oxygens (including phenoxy) is 1. The minimum atomic E-state index is -0.156. The maximum atomic E-state index is 11.3. The van der Waals surface area contributed by atoms with Crippen LogP contribution in [0, 0.1) is 17.3 Å². The lowest BCUT2D eigenvalue weighted by Crippen LogP contribution is -2.27. The smallest absolute Gasteiger partial charge is 0.306 e. The van der Waals surface area contributed by atoms with Crippen LogP contribution in [-0.4, -0.2) is 13.1 Å². The van der Waals surface area contributed by atoms with Gasteiger partial charge in [0.25, 0.3) is 0 Å². The van der Waals surface area contributed by atoms with E-state index in [2.05, 4.69) is 41.2 Å². The Labute approximate surface area is 93.7 Å². The Bertz CT molecular complexity index is 233. The highest BCUT2D eigenvalue weighted by Crippen LogP contribution is 2.37. The second kappa shape index (κ2) is 5.34. The molecule has 0 fully saturated rings. The average molecular weight is 212 g/mol. The molecule has 0 saturated carbocycles. The zero-order valence-electron chi connectivity index (χ0n) is 10.9. The topological polar surface area (TPSA) is 26.3 Å². The van der Waals surface area contributed by atoms with Crippen LogP contribution < -0.4 is 0 Å². The third-order valence-corrected chi connectivity index (χ3v) is 2.83. The zero-order valence-corrected chi connectivity index (χ0v) is 10.9. The van der Waals surface area contributed by atoms with E-state index >= 15 is 0 Å². The molecule has 0 saturated heterocycles. The Morgan fingerprint density at radius 1 is 1.33 bits per heavy atom. The van der Waals surface area contributed by atoms with Gasteiger partial charge in [-0.25, -0.2) is 0 Å². The second-order valence-electron chi connectivity index (χ2n) is 5.43. The summed E-state index contributed by atoms with van der Waals surface area (Å²) in [4.78, 5) is 11.3. The van der Waals surface area contributed by atoms with Crippen LogP contribution in [0.15, 0.2) is 12.2 Å². The third kappa shape index (κ3) is 4.50. The Morgan fingerprint density at radius 3 is 2.07 bits per heavy atom. The first-order valence-corrected chi connectivity index (χ1v) is 5.45. The summed E-state index contributed by atoms with van der Waals surface area (Å²) in [7, 11) is 1.43. The van der Waals surface area contributed by atoms with Crippen molar-refractivity contribution in [3.05, 3.63) is 12.2 Å². The Kier molecular flexibility index (Phi) is 5.06. The van der Waals surface area contributed by atoms with Crippen molar-refractivity contribution in [2.75, 3.05) is 7.11 Å². The number of carbonyl (C=O) groups is 1. The van der Waals surface area contributed by atoms with Gasteiger partial charge < -0.3 is 4.74 Å². The van der Waals surface area contributed by atoms with E-state index in [0.717, 1.165) is 5.57 Å². The number of carbonyl (C=O) groups excluding carboxylic acids is 1. The molecular formula is C13H24O2. The van der Waals surface area contributed by atoms with Gasteiger partial charge in [0, 0.05) is 0 Å². The lowest BCUT2D eigenvalue weighted by molar-refractivity contribution is -0.142. The first-order chi connectivity index (χ1) is 6.70. The fourth-order valence-corrected chi connectivity index (χ4v) is 1.65. The maximum absolute atomic E-state index is 11.3. The number of hydrogen-bond acceptors (Lipinski definition) is 2. The summed E-state index contributed by atoms with van der Waals surface area (Å²) >= 11 is 0. The van der Waals surface area contributed by atoms with Crippen LogP contribution in [-0.2, 0) is 9.53 Å². The van der Waals surface area contributed by atoms with Crippen LogP contribution in [0.25, 0.3) is 0 Å². The van der Waals surface area contributed by atoms with Gasteiger partial charge >= 0.3 is 5.97 Å². The summed E-state index contributed by atoms with van der Waals surface area (Å²) in [5.74, 6) is 0.431. The van der Waals surface area contributed by atoms with E-state index in [1.807, 2.05) is 0 Å². The van der Waals surface area contributed by atoms with E-state index in [4.69, 9.17) is 4.74 Å². The normalized spacial score (nSPS) is 13.8. The van der Waals surface area contributed by atoms with Gasteiger partial charge in [0.1, 0.15) is 0 Å². The summed E-state index contributed by atoms with van der Waals surface area (Å²) in [5, 5.41) is 0. The summed E-state index contributed by atoms with van der Waals surface area (Å²) in [6.07, 6.45) is 0.428. The highest BCUT2D eigenvalue weighted by molar-refractivity contribution is 5.70. The van der Waals surface area contributed by atoms with Gasteiger partial charge in [0.15, 0.2) is 0 Å². The molecule has 1 atom stereocenters. The SMILES string of the molecule is C=C(C(C)C)C(CC(=O)OC)C(C)(C)C. The molecule has 0 amide bonds. The minimum absolute atomic E-state index is 0.0511. The van der Waals surface area contributed by atoms with Crippen LogP contribution in [0.5, 0.6) is 0 Å². The summed E-state index contributed by atoms with van der Waals surface area (Å²) in [6, 6.07) is 0. The van der Waals surface area contributed by atoms with Crippen molar-refractivity contribution in [1.82, 2.24) is 0 Å². The first-order valence-electron chi connectivity index (χ1n) is 5.45. The molecule has 1 unspecified atom stereocenters. The molecule has 0 spiro atoms. The molecule has 15 heavy (non-hydrogen) atoms. The number of rotatable bonds is 4. The predicted molar refractivity (Wildman–Crippen MR) is 63.6 cm³/mol. The van der Waals surface area contributed by atoms with Crippen molar-refractivity contribution in [1.29, 1.82) is 0 Å². The number of methoxy groups -OCH3 is 1. The van der Waals surface area contributed by atoms with E-state index in [9.17, 15) is 4.79 Å². The Hall–Kier alpha value is -0.790. The molecule has 0 aromatic heterocycles. The summed E-state index contributed by atoms with van der Waals surface area (Å²) in [5.41, 5.74) is 1.18. The van der Waals surface area contributed by atoms with Crippen LogP contribution >= 0.6 is 0 Å². The first kappa shape index (κ1) is 14.2. The second-order valence-corrected chi connectivity index (χ2v) is 5.43. The molecule has 2 nitrogen and oxygen atoms in total. The fraction of sp³-hybridized carbons (Fsp3) is 0.769. The summed E-state index contributed by atoms with van der Waals surface area (Å²) in [6.45, 7) is 14.7. The molecule has 0 bridgehead atoms. The van der Waals surface area contributed by atoms with Gasteiger partial charge in [-0.05, 0) is 17.3 Å². The van der Waals surface area contributed by atoms with Crippen LogP contribution in [0.3, 0.4) is 0 Å². The van der Waals surface area contributed by atoms with Crippen LogP contribution in [0.4, 0.5) is 0 Å². The highest BCUT2D eigenvalue weighted by atomic mass is 16.5. The molecule has 0 rings (SSSR count). The molecule has 2 heteroatoms. The van der Waals surface area contributed by atoms with E-state index in [-0.39, 0.29) is 17.3 Å². The van der Waals surface area contributed by atoms with Gasteiger partial charge in [-0.15, -0.1) is 0 Å². The van der Waals surface area contributed by atoms with E-state index in [0.29, 0.717) is 12.3 Å². The zero-order chi connectivity index (χ0) is 12.2. The van der Waals surface area contributed by atoms with Crippen LogP contribution in [0.1, 0.15) is 41.0 Å². The molecule has 0 heterocycles. The van der Waals surface area contributed by atoms with Gasteiger partial charge in [-0.3, -0.25) is 4.79 Å². The molecule has 88 valence electrons. The number of hydrogen-bond donors (Lipinski definition) is 0. The average Bonchev–Trinajstić information content (AvgIpc) is 2.10. The molecule has 0 N–H and O–H groups in total. The molecule has 0 radical (unpaired) electrons. The van der Waals surface area contributed by atoms with Crippen molar-refractivity contribution in [3.63, 3.8) is 0 Å². The number of esters is 1. The number of allylic oxidation sites excluding steroid dienone is 1. The monoisotopic (exact) mass is 212 g/mol. The Morgan fingerprint density at radius 2 is 1.80 bits per heavy atom. The Balaban J connectivity index is 4.75. The minimum Gasteiger partial charge on any atom is -0.469 e. The van der Waals surface area contributed by atoms with Gasteiger partial charge in [0.05, 0.1) is 13.5 Å². The van der Waals surface area contributed by atoms with Crippen molar-refractivity contribution < 1.29 is 9.53 Å². The van der Waals surface area contributed by atoms with E-state index in [1.165, 1.54) is 7.11 Å². The molecular weight excluding hydrogens is 188 g/mol. The van der Waals surface area contributed by atoms with Crippen molar-refractivity contribution >= 4 is 5.97 Å². The van der Waals surface area contributed by atoms with Crippen LogP contribution in [0.2, 0.25) is 0 Å². The molecule has 0 aliphatic rings. The molecule has 0 aliphatic heterocycles. The third-order valence-electron chi connectivity index (χ3n) is 2.83. The van der Waals surface area contributed by atoms with Gasteiger partial charge in [-0.2, -0.15) is 0 Å². The van der Waals surface area contributed by atoms with Gasteiger partial charge in [-0.1, -0.05) is 46.8 Å². The quantitative estimate of drug-likeness (QED) is 0.527. The van der Waals surface area contributed by atoms with Crippen molar-refractivity contribution in [3.8, 4) is 0 Å². The lowest BCUT2D eigenvalue weighted by atomic mass is 9.72. The van der Waals surface area contributed by atoms with Crippen molar-refractivity contribution in [2.24, 2.45) is 17.3 Å². The van der Waals surface area contributed by atoms with E-state index in [1.54, 1.807) is 0 Å². The lowest BCUT2D eigenvalue weighted by Gasteiger charge is -2.33. The standard InChI is InChI=1S/C13H24O2/c1-9(2)10(3)11(13(4,5)6)8-12(14)15-7/h9,11H,3,8H2,1-2,4-7H3. The maximum Gasteiger partial charge on any atom is 0.306 e. The van der Waals surface area contributed by atoms with Crippen molar-refractivity contribution in [2.45, 2.75) is 41.0 Å². The van der Waals surface area contributed by atoms with Gasteiger partial charge in [0.2, 0.25) is 0 Å². The molecule has 0 aromatic rings. The fourth-order valence-electron chi connectivity index (χ4n) is 1.65. The summed E-state index contributed by atoms with van der Waals surface area (Å²) < 4.78 is 4.73. The largest absolute Gasteiger partial charge is 0.469 e. The van der Waals surface area contributed by atoms with E-state index < -0.39 is 0 Å².